The molecule has 0 spiro atoms. The van der Waals surface area contributed by atoms with Crippen LogP contribution in [-0.2, 0) is 22.7 Å². The molecule has 7 heteroatoms. The second-order valence-electron chi connectivity index (χ2n) is 5.37. The number of aliphatic carboxylic acids is 1. The number of β-lactam (4-membered cyclic amide) rings is 1. The molecule has 4 heterocycles. The van der Waals surface area contributed by atoms with Crippen LogP contribution in [0, 0.1) is 0 Å². The van der Waals surface area contributed by atoms with Crippen molar-refractivity contribution < 1.29 is 14.7 Å². The van der Waals surface area contributed by atoms with Crippen LogP contribution >= 0.6 is 0 Å². The maximum Gasteiger partial charge on any atom is 0.352 e. The van der Waals surface area contributed by atoms with E-state index < -0.39 is 5.97 Å². The molecule has 7 nitrogen and oxygen atoms in total. The second kappa shape index (κ2) is 4.29. The molecule has 3 aliphatic heterocycles. The van der Waals surface area contributed by atoms with Gasteiger partial charge in [-0.15, -0.1) is 0 Å². The number of fused-ring (bicyclic) bond motifs is 2. The van der Waals surface area contributed by atoms with Crippen molar-refractivity contribution in [2.45, 2.75) is 25.6 Å². The highest BCUT2D eigenvalue weighted by Crippen LogP contribution is 2.38. The molecule has 0 aliphatic carbocycles. The van der Waals surface area contributed by atoms with Crippen LogP contribution in [0.1, 0.15) is 17.9 Å². The summed E-state index contributed by atoms with van der Waals surface area (Å²) in [5.74, 6) is -0.309. The number of hydrogen-bond donors (Lipinski definition) is 2. The zero-order valence-corrected chi connectivity index (χ0v) is 11.2. The maximum atomic E-state index is 12.1. The van der Waals surface area contributed by atoms with Gasteiger partial charge in [0, 0.05) is 24.9 Å². The van der Waals surface area contributed by atoms with Crippen LogP contribution in [0.5, 0.6) is 0 Å². The van der Waals surface area contributed by atoms with Gasteiger partial charge in [-0.2, -0.15) is 0 Å². The molecule has 0 bridgehead atoms. The van der Waals surface area contributed by atoms with Crippen LogP contribution in [0.25, 0.3) is 6.08 Å². The number of nitrogens with one attached hydrogen (secondary N) is 1. The van der Waals surface area contributed by atoms with E-state index in [-0.39, 0.29) is 17.6 Å². The molecule has 4 rings (SSSR count). The fourth-order valence-corrected chi connectivity index (χ4v) is 3.12. The van der Waals surface area contributed by atoms with Crippen molar-refractivity contribution >= 4 is 18.0 Å². The van der Waals surface area contributed by atoms with Gasteiger partial charge in [0.15, 0.2) is 0 Å². The van der Waals surface area contributed by atoms with Gasteiger partial charge in [-0.1, -0.05) is 6.08 Å². The van der Waals surface area contributed by atoms with Crippen LogP contribution in [0.3, 0.4) is 0 Å². The Labute approximate surface area is 120 Å². The molecule has 0 aromatic carbocycles. The SMILES string of the molecule is O=C(O)C1=CCC2C(=Cc3cn4c(n3)CNCC4)C(=O)N12. The number of imidazole rings is 1. The maximum absolute atomic E-state index is 12.1. The number of carbonyl (C=O) groups is 2. The minimum absolute atomic E-state index is 0.0930. The first-order chi connectivity index (χ1) is 10.1. The lowest BCUT2D eigenvalue weighted by Crippen LogP contribution is -2.52. The summed E-state index contributed by atoms with van der Waals surface area (Å²) in [5, 5.41) is 12.3. The van der Waals surface area contributed by atoms with E-state index in [1.165, 1.54) is 4.90 Å². The third kappa shape index (κ3) is 1.74. The zero-order valence-electron chi connectivity index (χ0n) is 11.2. The van der Waals surface area contributed by atoms with E-state index in [0.29, 0.717) is 12.0 Å². The van der Waals surface area contributed by atoms with Crippen LogP contribution in [0.4, 0.5) is 0 Å². The van der Waals surface area contributed by atoms with Crippen LogP contribution in [0.2, 0.25) is 0 Å². The molecule has 1 atom stereocenters. The summed E-state index contributed by atoms with van der Waals surface area (Å²) < 4.78 is 2.08. The molecule has 2 N–H and O–H groups in total. The van der Waals surface area contributed by atoms with E-state index in [2.05, 4.69) is 14.9 Å². The first-order valence-corrected chi connectivity index (χ1v) is 6.90. The minimum atomic E-state index is -1.05. The van der Waals surface area contributed by atoms with Crippen LogP contribution in [0.15, 0.2) is 23.5 Å². The molecule has 21 heavy (non-hydrogen) atoms. The number of hydrogen-bond acceptors (Lipinski definition) is 4. The Hall–Kier alpha value is -2.41. The Balaban J connectivity index is 1.60. The standard InChI is InChI=1S/C14H14N4O3/c19-13-9(10-1-2-11(14(20)21)18(10)13)5-8-7-17-4-3-15-6-12(17)16-8/h2,5,7,10,15H,1,3-4,6H2,(H,20,21). The van der Waals surface area contributed by atoms with E-state index in [4.69, 9.17) is 5.11 Å². The van der Waals surface area contributed by atoms with Crippen LogP contribution < -0.4 is 5.32 Å². The van der Waals surface area contributed by atoms with Gasteiger partial charge in [0.1, 0.15) is 11.5 Å². The number of carboxylic acids is 1. The van der Waals surface area contributed by atoms with Crippen molar-refractivity contribution in [3.8, 4) is 0 Å². The predicted octanol–water partition coefficient (Wildman–Crippen LogP) is -0.0473. The lowest BCUT2D eigenvalue weighted by molar-refractivity contribution is -0.142. The highest BCUT2D eigenvalue weighted by atomic mass is 16.4. The second-order valence-corrected chi connectivity index (χ2v) is 5.37. The molecule has 1 amide bonds. The summed E-state index contributed by atoms with van der Waals surface area (Å²) in [6, 6.07) is -0.138. The van der Waals surface area contributed by atoms with Crippen LogP contribution in [-0.4, -0.2) is 44.0 Å². The molecule has 3 aliphatic rings. The average molecular weight is 286 g/mol. The minimum Gasteiger partial charge on any atom is -0.477 e. The molecule has 0 radical (unpaired) electrons. The molecule has 1 aromatic rings. The normalized spacial score (nSPS) is 25.4. The van der Waals surface area contributed by atoms with Gasteiger partial charge in [0.25, 0.3) is 5.91 Å². The number of carbonyl (C=O) groups excluding carboxylic acids is 1. The third-order valence-electron chi connectivity index (χ3n) is 4.14. The van der Waals surface area contributed by atoms with Crippen molar-refractivity contribution in [1.29, 1.82) is 0 Å². The molecule has 1 fully saturated rings. The zero-order chi connectivity index (χ0) is 14.6. The Morgan fingerprint density at radius 2 is 2.38 bits per heavy atom. The van der Waals surface area contributed by atoms with E-state index in [1.807, 2.05) is 6.20 Å². The van der Waals surface area contributed by atoms with E-state index in [0.717, 1.165) is 31.2 Å². The van der Waals surface area contributed by atoms with Crippen molar-refractivity contribution in [1.82, 2.24) is 19.8 Å². The fourth-order valence-electron chi connectivity index (χ4n) is 3.12. The summed E-state index contributed by atoms with van der Waals surface area (Å²) in [4.78, 5) is 29.0. The number of rotatable bonds is 2. The molecule has 1 saturated heterocycles. The molecule has 1 aromatic heterocycles. The number of nitrogens with zero attached hydrogens (tertiary/aromatic N) is 3. The van der Waals surface area contributed by atoms with Crippen molar-refractivity contribution in [2.24, 2.45) is 0 Å². The first-order valence-electron chi connectivity index (χ1n) is 6.90. The van der Waals surface area contributed by atoms with Gasteiger partial charge in [-0.05, 0) is 12.5 Å². The number of aromatic nitrogens is 2. The highest BCUT2D eigenvalue weighted by molar-refractivity contribution is 6.10. The summed E-state index contributed by atoms with van der Waals surface area (Å²) in [6.45, 7) is 2.53. The molecule has 0 saturated carbocycles. The number of carboxylic acid groups (broad SMARTS) is 1. The Bertz CT molecular complexity index is 692. The smallest absolute Gasteiger partial charge is 0.352 e. The van der Waals surface area contributed by atoms with Gasteiger partial charge in [0.2, 0.25) is 0 Å². The van der Waals surface area contributed by atoms with E-state index in [9.17, 15) is 9.59 Å². The van der Waals surface area contributed by atoms with Gasteiger partial charge in [-0.25, -0.2) is 9.78 Å². The summed E-state index contributed by atoms with van der Waals surface area (Å²) >= 11 is 0. The lowest BCUT2D eigenvalue weighted by Gasteiger charge is -2.38. The predicted molar refractivity (Wildman–Crippen MR) is 72.9 cm³/mol. The summed E-state index contributed by atoms with van der Waals surface area (Å²) in [7, 11) is 0. The molecule has 1 unspecified atom stereocenters. The average Bonchev–Trinajstić information content (AvgIpc) is 3.05. The Morgan fingerprint density at radius 3 is 3.14 bits per heavy atom. The van der Waals surface area contributed by atoms with Crippen molar-refractivity contribution in [2.75, 3.05) is 6.54 Å². The summed E-state index contributed by atoms with van der Waals surface area (Å²) in [5.41, 5.74) is 1.50. The third-order valence-corrected chi connectivity index (χ3v) is 4.14. The van der Waals surface area contributed by atoms with E-state index >= 15 is 0 Å². The molecular weight excluding hydrogens is 272 g/mol. The Morgan fingerprint density at radius 1 is 1.52 bits per heavy atom. The summed E-state index contributed by atoms with van der Waals surface area (Å²) in [6.07, 6.45) is 5.90. The molecular formula is C14H14N4O3. The fraction of sp³-hybridized carbons (Fsp3) is 0.357. The van der Waals surface area contributed by atoms with Crippen molar-refractivity contribution in [3.05, 3.63) is 35.1 Å². The van der Waals surface area contributed by atoms with Gasteiger partial charge in [0.05, 0.1) is 18.3 Å². The first kappa shape index (κ1) is 12.3. The monoisotopic (exact) mass is 286 g/mol. The largest absolute Gasteiger partial charge is 0.477 e. The quantitative estimate of drug-likeness (QED) is 0.588. The number of amides is 1. The Kier molecular flexibility index (Phi) is 2.52. The highest BCUT2D eigenvalue weighted by Gasteiger charge is 2.48. The lowest BCUT2D eigenvalue weighted by atomic mass is 9.94. The molecule has 108 valence electrons. The topological polar surface area (TPSA) is 87.5 Å². The van der Waals surface area contributed by atoms with E-state index in [1.54, 1.807) is 12.2 Å². The van der Waals surface area contributed by atoms with Gasteiger partial charge in [-0.3, -0.25) is 9.69 Å². The van der Waals surface area contributed by atoms with Crippen molar-refractivity contribution in [3.63, 3.8) is 0 Å². The van der Waals surface area contributed by atoms with Gasteiger partial charge < -0.3 is 15.0 Å². The van der Waals surface area contributed by atoms with Gasteiger partial charge >= 0.3 is 5.97 Å².